The van der Waals surface area contributed by atoms with Crippen molar-refractivity contribution < 1.29 is 30.7 Å². The third-order valence-electron chi connectivity index (χ3n) is 2.34. The summed E-state index contributed by atoms with van der Waals surface area (Å²) in [4.78, 5) is 0. The minimum Gasteiger partial charge on any atom is -0.204 e. The molecule has 2 aromatic rings. The van der Waals surface area contributed by atoms with Crippen LogP contribution < -0.4 is 0 Å². The van der Waals surface area contributed by atoms with Gasteiger partial charge >= 0.3 is 0 Å². The highest BCUT2D eigenvalue weighted by Crippen LogP contribution is 2.30. The van der Waals surface area contributed by atoms with Crippen LogP contribution in [0.3, 0.4) is 0 Å². The van der Waals surface area contributed by atoms with Crippen LogP contribution in [0.25, 0.3) is 11.1 Å². The highest BCUT2D eigenvalue weighted by Gasteiger charge is 2.24. The first-order valence-corrected chi connectivity index (χ1v) is 4.73. The average Bonchev–Trinajstić information content (AvgIpc) is 2.39. The second-order valence-corrected chi connectivity index (χ2v) is 3.48. The molecule has 0 bridgehead atoms. The van der Waals surface area contributed by atoms with Crippen LogP contribution in [0, 0.1) is 46.8 Å². The lowest BCUT2D eigenvalue weighted by Gasteiger charge is -2.07. The van der Waals surface area contributed by atoms with Gasteiger partial charge in [-0.25, -0.2) is 30.7 Å². The smallest absolute Gasteiger partial charge is 0.198 e. The van der Waals surface area contributed by atoms with Crippen LogP contribution in [0.1, 0.15) is 0 Å². The van der Waals surface area contributed by atoms with Crippen molar-refractivity contribution >= 4 is 0 Å². The summed E-state index contributed by atoms with van der Waals surface area (Å²) in [5, 5.41) is 0. The zero-order chi connectivity index (χ0) is 14.3. The first-order valence-electron chi connectivity index (χ1n) is 4.73. The predicted octanol–water partition coefficient (Wildman–Crippen LogP) is 4.13. The van der Waals surface area contributed by atoms with Crippen molar-refractivity contribution in [2.75, 3.05) is 0 Å². The molecule has 2 aromatic carbocycles. The third-order valence-corrected chi connectivity index (χ3v) is 2.34. The Labute approximate surface area is 102 Å². The second-order valence-electron chi connectivity index (χ2n) is 3.48. The Hall–Kier alpha value is -2.05. The second kappa shape index (κ2) is 4.56. The average molecular weight is 279 g/mol. The number of hydrogen-bond acceptors (Lipinski definition) is 0. The SMILES string of the molecule is Fc1[c]c(-c2ccc(F)c(F)c2F)c(F)c(F)c1F. The van der Waals surface area contributed by atoms with Crippen molar-refractivity contribution in [1.29, 1.82) is 0 Å². The van der Waals surface area contributed by atoms with E-state index in [0.29, 0.717) is 12.1 Å². The first-order chi connectivity index (χ1) is 8.84. The van der Waals surface area contributed by atoms with E-state index in [1.165, 1.54) is 6.07 Å². The molecule has 7 heteroatoms. The van der Waals surface area contributed by atoms with Gasteiger partial charge in [-0.05, 0) is 12.1 Å². The molecule has 1 radical (unpaired) electrons. The Morgan fingerprint density at radius 3 is 1.89 bits per heavy atom. The van der Waals surface area contributed by atoms with Gasteiger partial charge in [0.05, 0.1) is 0 Å². The molecule has 0 saturated heterocycles. The van der Waals surface area contributed by atoms with E-state index in [1.807, 2.05) is 0 Å². The Balaban J connectivity index is 2.77. The third kappa shape index (κ3) is 2.05. The number of benzene rings is 2. The number of rotatable bonds is 1. The molecule has 0 saturated carbocycles. The molecular weight excluding hydrogens is 277 g/mol. The van der Waals surface area contributed by atoms with Crippen molar-refractivity contribution in [2.24, 2.45) is 0 Å². The predicted molar refractivity (Wildman–Crippen MR) is 50.4 cm³/mol. The van der Waals surface area contributed by atoms with Gasteiger partial charge in [-0.2, -0.15) is 0 Å². The molecule has 19 heavy (non-hydrogen) atoms. The van der Waals surface area contributed by atoms with Crippen molar-refractivity contribution in [2.45, 2.75) is 0 Å². The fourth-order valence-electron chi connectivity index (χ4n) is 1.43. The van der Waals surface area contributed by atoms with Crippen LogP contribution in [0.4, 0.5) is 30.7 Å². The zero-order valence-electron chi connectivity index (χ0n) is 8.80. The summed E-state index contributed by atoms with van der Waals surface area (Å²) in [5.74, 6) is -13.6. The van der Waals surface area contributed by atoms with Crippen LogP contribution in [-0.4, -0.2) is 0 Å². The van der Waals surface area contributed by atoms with Crippen LogP contribution in [0.15, 0.2) is 12.1 Å². The van der Waals surface area contributed by atoms with Gasteiger partial charge in [0.2, 0.25) is 0 Å². The van der Waals surface area contributed by atoms with Crippen molar-refractivity contribution in [3.05, 3.63) is 58.9 Å². The summed E-state index contributed by atoms with van der Waals surface area (Å²) in [7, 11) is 0. The topological polar surface area (TPSA) is 0 Å². The van der Waals surface area contributed by atoms with E-state index < -0.39 is 51.8 Å². The lowest BCUT2D eigenvalue weighted by Crippen LogP contribution is -2.02. The Bertz CT molecular complexity index is 664. The van der Waals surface area contributed by atoms with E-state index in [-0.39, 0.29) is 0 Å². The molecule has 0 spiro atoms. The van der Waals surface area contributed by atoms with Crippen LogP contribution >= 0.6 is 0 Å². The van der Waals surface area contributed by atoms with Gasteiger partial charge in [0, 0.05) is 17.2 Å². The molecule has 0 aliphatic rings. The Morgan fingerprint density at radius 2 is 1.26 bits per heavy atom. The summed E-state index contributed by atoms with van der Waals surface area (Å²) < 4.78 is 90.8. The standard InChI is InChI=1S/C12H2F7/c13-6-2-1-4(8(15)10(6)17)5-3-7(14)11(18)12(19)9(5)16/h1-2H. The van der Waals surface area contributed by atoms with Crippen LogP contribution in [0.2, 0.25) is 0 Å². The monoisotopic (exact) mass is 279 g/mol. The summed E-state index contributed by atoms with van der Waals surface area (Å²) in [6.45, 7) is 0. The summed E-state index contributed by atoms with van der Waals surface area (Å²) in [5.41, 5.74) is -2.15. The quantitative estimate of drug-likeness (QED) is 0.418. The highest BCUT2D eigenvalue weighted by molar-refractivity contribution is 5.64. The van der Waals surface area contributed by atoms with Crippen LogP contribution in [0.5, 0.6) is 0 Å². The molecule has 99 valence electrons. The molecule has 0 heterocycles. The number of halogens is 7. The van der Waals surface area contributed by atoms with E-state index in [4.69, 9.17) is 0 Å². The minimum atomic E-state index is -2.20. The zero-order valence-corrected chi connectivity index (χ0v) is 8.80. The van der Waals surface area contributed by atoms with Gasteiger partial charge in [0.1, 0.15) is 0 Å². The highest BCUT2D eigenvalue weighted by atomic mass is 19.2. The maximum atomic E-state index is 13.4. The molecular formula is C12H2F7. The van der Waals surface area contributed by atoms with E-state index in [9.17, 15) is 30.7 Å². The maximum Gasteiger partial charge on any atom is 0.198 e. The lowest BCUT2D eigenvalue weighted by atomic mass is 10.0. The van der Waals surface area contributed by atoms with E-state index in [1.54, 1.807) is 0 Å². The van der Waals surface area contributed by atoms with Crippen molar-refractivity contribution in [1.82, 2.24) is 0 Å². The van der Waals surface area contributed by atoms with Gasteiger partial charge < -0.3 is 0 Å². The molecule has 0 unspecified atom stereocenters. The molecule has 0 aliphatic heterocycles. The lowest BCUT2D eigenvalue weighted by molar-refractivity contribution is 0.409. The molecule has 0 amide bonds. The summed E-state index contributed by atoms with van der Waals surface area (Å²) >= 11 is 0. The minimum absolute atomic E-state index is 0.431. The summed E-state index contributed by atoms with van der Waals surface area (Å²) in [6.07, 6.45) is 0. The molecule has 0 N–H and O–H groups in total. The molecule has 0 nitrogen and oxygen atoms in total. The van der Waals surface area contributed by atoms with Gasteiger partial charge in [-0.15, -0.1) is 0 Å². The molecule has 0 aromatic heterocycles. The number of hydrogen-bond donors (Lipinski definition) is 0. The first kappa shape index (κ1) is 13.4. The van der Waals surface area contributed by atoms with E-state index in [2.05, 4.69) is 0 Å². The van der Waals surface area contributed by atoms with Crippen LogP contribution in [-0.2, 0) is 0 Å². The fraction of sp³-hybridized carbons (Fsp3) is 0. The largest absolute Gasteiger partial charge is 0.204 e. The normalized spacial score (nSPS) is 10.9. The van der Waals surface area contributed by atoms with E-state index >= 15 is 0 Å². The Kier molecular flexibility index (Phi) is 3.21. The van der Waals surface area contributed by atoms with Crippen molar-refractivity contribution in [3.8, 4) is 11.1 Å². The van der Waals surface area contributed by atoms with Gasteiger partial charge in [-0.3, -0.25) is 0 Å². The summed E-state index contributed by atoms with van der Waals surface area (Å²) in [6, 6.07) is 2.39. The fourth-order valence-corrected chi connectivity index (χ4v) is 1.43. The molecule has 0 fully saturated rings. The van der Waals surface area contributed by atoms with Gasteiger partial charge in [0.25, 0.3) is 0 Å². The molecule has 2 rings (SSSR count). The molecule has 0 aliphatic carbocycles. The van der Waals surface area contributed by atoms with Gasteiger partial charge in [-0.1, -0.05) is 0 Å². The van der Waals surface area contributed by atoms with Gasteiger partial charge in [0.15, 0.2) is 40.7 Å². The molecule has 0 atom stereocenters. The van der Waals surface area contributed by atoms with Crippen molar-refractivity contribution in [3.63, 3.8) is 0 Å². The maximum absolute atomic E-state index is 13.4. The Morgan fingerprint density at radius 1 is 0.632 bits per heavy atom. The van der Waals surface area contributed by atoms with E-state index in [0.717, 1.165) is 0 Å².